The van der Waals surface area contributed by atoms with Gasteiger partial charge in [0.1, 0.15) is 0 Å². The normalized spacial score (nSPS) is 19.9. The van der Waals surface area contributed by atoms with Gasteiger partial charge in [0.2, 0.25) is 0 Å². The maximum Gasteiger partial charge on any atom is 0.253 e. The van der Waals surface area contributed by atoms with Crippen molar-refractivity contribution in [2.75, 3.05) is 0 Å². The molecule has 0 bridgehead atoms. The van der Waals surface area contributed by atoms with Gasteiger partial charge in [-0.25, -0.2) is 0 Å². The Morgan fingerprint density at radius 3 is 2.56 bits per heavy atom. The van der Waals surface area contributed by atoms with Crippen molar-refractivity contribution < 1.29 is 4.79 Å². The molecule has 2 aliphatic rings. The predicted octanol–water partition coefficient (Wildman–Crippen LogP) is 2.33. The van der Waals surface area contributed by atoms with Crippen molar-refractivity contribution >= 4 is 5.91 Å². The second kappa shape index (κ2) is 3.37. The molecule has 0 aromatic carbocycles. The second-order valence-corrected chi connectivity index (χ2v) is 5.13. The van der Waals surface area contributed by atoms with Crippen molar-refractivity contribution in [3.8, 4) is 0 Å². The van der Waals surface area contributed by atoms with Crippen LogP contribution in [0.15, 0.2) is 6.07 Å². The zero-order valence-corrected chi connectivity index (χ0v) is 9.92. The Kier molecular flexibility index (Phi) is 2.09. The van der Waals surface area contributed by atoms with Crippen LogP contribution in [0, 0.1) is 13.8 Å². The van der Waals surface area contributed by atoms with Crippen LogP contribution in [0.4, 0.5) is 0 Å². The zero-order chi connectivity index (χ0) is 11.3. The van der Waals surface area contributed by atoms with Gasteiger partial charge in [-0.15, -0.1) is 0 Å². The van der Waals surface area contributed by atoms with Gasteiger partial charge in [0.05, 0.1) is 5.56 Å². The molecule has 0 unspecified atom stereocenters. The minimum atomic E-state index is 0.113. The summed E-state index contributed by atoms with van der Waals surface area (Å²) in [5, 5.41) is 3.06. The maximum atomic E-state index is 12.0. The smallest absolute Gasteiger partial charge is 0.253 e. The lowest BCUT2D eigenvalue weighted by atomic mass is 10.2. The summed E-state index contributed by atoms with van der Waals surface area (Å²) in [5.74, 6) is 0.113. The Hall–Kier alpha value is -1.25. The van der Waals surface area contributed by atoms with Crippen LogP contribution in [-0.4, -0.2) is 16.5 Å². The van der Waals surface area contributed by atoms with E-state index in [4.69, 9.17) is 0 Å². The largest absolute Gasteiger partial charge is 0.349 e. The van der Waals surface area contributed by atoms with E-state index in [0.29, 0.717) is 12.1 Å². The fourth-order valence-electron chi connectivity index (χ4n) is 2.39. The molecule has 1 aromatic rings. The molecule has 0 aliphatic heterocycles. The van der Waals surface area contributed by atoms with Crippen LogP contribution in [0.1, 0.15) is 53.5 Å². The Morgan fingerprint density at radius 1 is 1.31 bits per heavy atom. The van der Waals surface area contributed by atoms with Gasteiger partial charge in [0.15, 0.2) is 0 Å². The van der Waals surface area contributed by atoms with Crippen LogP contribution in [0.25, 0.3) is 0 Å². The summed E-state index contributed by atoms with van der Waals surface area (Å²) in [6.07, 6.45) is 4.82. The van der Waals surface area contributed by atoms with E-state index < -0.39 is 0 Å². The predicted molar refractivity (Wildman–Crippen MR) is 62.7 cm³/mol. The van der Waals surface area contributed by atoms with Gasteiger partial charge in [-0.3, -0.25) is 4.79 Å². The molecule has 1 amide bonds. The molecule has 3 nitrogen and oxygen atoms in total. The lowest BCUT2D eigenvalue weighted by Crippen LogP contribution is -2.25. The highest BCUT2D eigenvalue weighted by molar-refractivity contribution is 5.96. The number of nitrogens with zero attached hydrogens (tertiary/aromatic N) is 1. The number of carbonyl (C=O) groups is 1. The summed E-state index contributed by atoms with van der Waals surface area (Å²) in [6, 6.07) is 3.13. The fourth-order valence-corrected chi connectivity index (χ4v) is 2.39. The van der Waals surface area contributed by atoms with E-state index in [2.05, 4.69) is 23.7 Å². The zero-order valence-electron chi connectivity index (χ0n) is 9.92. The van der Waals surface area contributed by atoms with Crippen LogP contribution in [0.2, 0.25) is 0 Å². The van der Waals surface area contributed by atoms with E-state index in [1.165, 1.54) is 18.5 Å². The minimum Gasteiger partial charge on any atom is -0.349 e. The molecule has 86 valence electrons. The molecule has 0 saturated heterocycles. The minimum absolute atomic E-state index is 0.113. The highest BCUT2D eigenvalue weighted by atomic mass is 16.1. The van der Waals surface area contributed by atoms with E-state index in [-0.39, 0.29) is 5.91 Å². The number of carbonyl (C=O) groups excluding carboxylic acids is 1. The summed E-state index contributed by atoms with van der Waals surface area (Å²) in [7, 11) is 0. The lowest BCUT2D eigenvalue weighted by Gasteiger charge is -2.07. The third-order valence-electron chi connectivity index (χ3n) is 3.55. The first kappa shape index (κ1) is 9.94. The summed E-state index contributed by atoms with van der Waals surface area (Å²) in [5.41, 5.74) is 3.23. The average Bonchev–Trinajstić information content (AvgIpc) is 3.09. The summed E-state index contributed by atoms with van der Waals surface area (Å²) >= 11 is 0. The molecule has 2 aliphatic carbocycles. The van der Waals surface area contributed by atoms with Gasteiger partial charge >= 0.3 is 0 Å². The molecule has 1 aromatic heterocycles. The molecule has 0 atom stereocenters. The third-order valence-corrected chi connectivity index (χ3v) is 3.55. The van der Waals surface area contributed by atoms with Crippen molar-refractivity contribution in [1.29, 1.82) is 0 Å². The van der Waals surface area contributed by atoms with Crippen LogP contribution < -0.4 is 5.32 Å². The van der Waals surface area contributed by atoms with Gasteiger partial charge in [-0.05, 0) is 45.6 Å². The molecule has 16 heavy (non-hydrogen) atoms. The molecular formula is C13H18N2O. The van der Waals surface area contributed by atoms with Crippen molar-refractivity contribution in [3.05, 3.63) is 23.0 Å². The Bertz CT molecular complexity index is 439. The molecular weight excluding hydrogens is 200 g/mol. The molecule has 2 saturated carbocycles. The van der Waals surface area contributed by atoms with Gasteiger partial charge < -0.3 is 9.88 Å². The Morgan fingerprint density at radius 2 is 2.00 bits per heavy atom. The standard InChI is InChI=1S/C13H18N2O/c1-8-7-12(13(16)14-10-3-4-10)9(2)15(8)11-5-6-11/h7,10-11H,3-6H2,1-2H3,(H,14,16). The van der Waals surface area contributed by atoms with Gasteiger partial charge in [-0.2, -0.15) is 0 Å². The molecule has 1 N–H and O–H groups in total. The molecule has 0 radical (unpaired) electrons. The van der Waals surface area contributed by atoms with E-state index in [9.17, 15) is 4.79 Å². The highest BCUT2D eigenvalue weighted by Gasteiger charge is 2.30. The number of rotatable bonds is 3. The SMILES string of the molecule is Cc1cc(C(=O)NC2CC2)c(C)n1C1CC1. The van der Waals surface area contributed by atoms with E-state index >= 15 is 0 Å². The van der Waals surface area contributed by atoms with Crippen molar-refractivity contribution in [2.24, 2.45) is 0 Å². The fraction of sp³-hybridized carbons (Fsp3) is 0.615. The van der Waals surface area contributed by atoms with Gasteiger partial charge in [0, 0.05) is 23.5 Å². The first-order valence-electron chi connectivity index (χ1n) is 6.16. The first-order valence-corrected chi connectivity index (χ1v) is 6.16. The van der Waals surface area contributed by atoms with E-state index in [1.807, 2.05) is 6.07 Å². The third kappa shape index (κ3) is 1.64. The van der Waals surface area contributed by atoms with Crippen molar-refractivity contribution in [2.45, 2.75) is 51.6 Å². The van der Waals surface area contributed by atoms with Crippen LogP contribution in [0.3, 0.4) is 0 Å². The van der Waals surface area contributed by atoms with E-state index in [1.54, 1.807) is 0 Å². The van der Waals surface area contributed by atoms with E-state index in [0.717, 1.165) is 24.1 Å². The summed E-state index contributed by atoms with van der Waals surface area (Å²) < 4.78 is 2.32. The molecule has 2 fully saturated rings. The molecule has 1 heterocycles. The lowest BCUT2D eigenvalue weighted by molar-refractivity contribution is 0.0950. The Labute approximate surface area is 95.8 Å². The topological polar surface area (TPSA) is 34.0 Å². The van der Waals surface area contributed by atoms with Gasteiger partial charge in [-0.1, -0.05) is 0 Å². The summed E-state index contributed by atoms with van der Waals surface area (Å²) in [6.45, 7) is 4.16. The number of amides is 1. The molecule has 3 heteroatoms. The second-order valence-electron chi connectivity index (χ2n) is 5.13. The van der Waals surface area contributed by atoms with Crippen molar-refractivity contribution in [3.63, 3.8) is 0 Å². The molecule has 0 spiro atoms. The van der Waals surface area contributed by atoms with Crippen LogP contribution >= 0.6 is 0 Å². The number of aryl methyl sites for hydroxylation is 1. The molecule has 3 rings (SSSR count). The average molecular weight is 218 g/mol. The number of hydrogen-bond donors (Lipinski definition) is 1. The number of nitrogens with one attached hydrogen (secondary N) is 1. The number of aromatic nitrogens is 1. The number of hydrogen-bond acceptors (Lipinski definition) is 1. The van der Waals surface area contributed by atoms with Crippen LogP contribution in [-0.2, 0) is 0 Å². The quantitative estimate of drug-likeness (QED) is 0.830. The summed E-state index contributed by atoms with van der Waals surface area (Å²) in [4.78, 5) is 12.0. The van der Waals surface area contributed by atoms with Crippen molar-refractivity contribution in [1.82, 2.24) is 9.88 Å². The Balaban J connectivity index is 1.87. The maximum absolute atomic E-state index is 12.0. The monoisotopic (exact) mass is 218 g/mol. The first-order chi connectivity index (χ1) is 7.66. The highest BCUT2D eigenvalue weighted by Crippen LogP contribution is 2.38. The van der Waals surface area contributed by atoms with Gasteiger partial charge in [0.25, 0.3) is 5.91 Å². The van der Waals surface area contributed by atoms with Crippen LogP contribution in [0.5, 0.6) is 0 Å².